The number of halogens is 1. The van der Waals surface area contributed by atoms with Crippen LogP contribution in [0.4, 0.5) is 0 Å². The molecule has 0 bridgehead atoms. The Bertz CT molecular complexity index is 462. The van der Waals surface area contributed by atoms with Crippen molar-refractivity contribution in [1.29, 1.82) is 0 Å². The number of hydrogen-bond acceptors (Lipinski definition) is 2. The molecule has 1 aromatic carbocycles. The van der Waals surface area contributed by atoms with Crippen molar-refractivity contribution in [2.24, 2.45) is 0 Å². The summed E-state index contributed by atoms with van der Waals surface area (Å²) < 4.78 is 4.97. The zero-order chi connectivity index (χ0) is 11.4. The number of hydrogen-bond donors (Lipinski definition) is 1. The van der Waals surface area contributed by atoms with E-state index in [1.54, 1.807) is 24.3 Å². The third-order valence-corrected chi connectivity index (χ3v) is 2.36. The Morgan fingerprint density at radius 2 is 2.00 bits per heavy atom. The van der Waals surface area contributed by atoms with E-state index in [-0.39, 0.29) is 5.91 Å². The van der Waals surface area contributed by atoms with Gasteiger partial charge in [-0.2, -0.15) is 0 Å². The van der Waals surface area contributed by atoms with Gasteiger partial charge in [-0.1, -0.05) is 23.7 Å². The van der Waals surface area contributed by atoms with Crippen molar-refractivity contribution in [2.45, 2.75) is 6.54 Å². The summed E-state index contributed by atoms with van der Waals surface area (Å²) in [5.41, 5.74) is 0.990. The van der Waals surface area contributed by atoms with Gasteiger partial charge in [0.2, 0.25) is 0 Å². The van der Waals surface area contributed by atoms with Crippen LogP contribution in [-0.4, -0.2) is 5.91 Å². The zero-order valence-electron chi connectivity index (χ0n) is 8.44. The SMILES string of the molecule is O=C(NCc1ccc(Cl)cc1)c1ccco1. The minimum Gasteiger partial charge on any atom is -0.459 e. The van der Waals surface area contributed by atoms with Crippen LogP contribution in [-0.2, 0) is 6.54 Å². The molecule has 0 saturated heterocycles. The maximum Gasteiger partial charge on any atom is 0.287 e. The lowest BCUT2D eigenvalue weighted by Gasteiger charge is -2.03. The van der Waals surface area contributed by atoms with Crippen LogP contribution in [0, 0.1) is 0 Å². The highest BCUT2D eigenvalue weighted by Crippen LogP contribution is 2.09. The van der Waals surface area contributed by atoms with Crippen LogP contribution in [0.5, 0.6) is 0 Å². The minimum atomic E-state index is -0.222. The zero-order valence-corrected chi connectivity index (χ0v) is 9.20. The molecule has 4 heteroatoms. The van der Waals surface area contributed by atoms with Gasteiger partial charge in [-0.05, 0) is 29.8 Å². The molecular formula is C12H10ClNO2. The summed E-state index contributed by atoms with van der Waals surface area (Å²) in [7, 11) is 0. The Morgan fingerprint density at radius 3 is 2.62 bits per heavy atom. The quantitative estimate of drug-likeness (QED) is 0.889. The smallest absolute Gasteiger partial charge is 0.287 e. The van der Waals surface area contributed by atoms with Gasteiger partial charge in [-0.25, -0.2) is 0 Å². The summed E-state index contributed by atoms with van der Waals surface area (Å²) in [6.45, 7) is 0.455. The summed E-state index contributed by atoms with van der Waals surface area (Å²) in [4.78, 5) is 11.5. The van der Waals surface area contributed by atoms with Gasteiger partial charge in [0.1, 0.15) is 0 Å². The first-order valence-corrected chi connectivity index (χ1v) is 5.19. The van der Waals surface area contributed by atoms with Crippen LogP contribution in [0.1, 0.15) is 16.1 Å². The molecule has 1 amide bonds. The van der Waals surface area contributed by atoms with Crippen molar-refractivity contribution in [3.05, 3.63) is 59.0 Å². The fourth-order valence-corrected chi connectivity index (χ4v) is 1.41. The molecule has 0 aliphatic heterocycles. The van der Waals surface area contributed by atoms with Crippen LogP contribution < -0.4 is 5.32 Å². The number of nitrogens with one attached hydrogen (secondary N) is 1. The largest absolute Gasteiger partial charge is 0.459 e. The predicted octanol–water partition coefficient (Wildman–Crippen LogP) is 2.86. The average Bonchev–Trinajstić information content (AvgIpc) is 2.81. The number of carbonyl (C=O) groups excluding carboxylic acids is 1. The van der Waals surface area contributed by atoms with Gasteiger partial charge in [0.15, 0.2) is 5.76 Å². The van der Waals surface area contributed by atoms with E-state index in [1.807, 2.05) is 12.1 Å². The molecule has 0 radical (unpaired) electrons. The molecule has 0 saturated carbocycles. The van der Waals surface area contributed by atoms with E-state index in [0.717, 1.165) is 5.56 Å². The highest BCUT2D eigenvalue weighted by atomic mass is 35.5. The molecule has 0 spiro atoms. The van der Waals surface area contributed by atoms with Crippen LogP contribution >= 0.6 is 11.6 Å². The monoisotopic (exact) mass is 235 g/mol. The topological polar surface area (TPSA) is 42.2 Å². The first kappa shape index (κ1) is 10.8. The normalized spacial score (nSPS) is 10.1. The van der Waals surface area contributed by atoms with E-state index in [2.05, 4.69) is 5.32 Å². The second kappa shape index (κ2) is 4.86. The van der Waals surface area contributed by atoms with Gasteiger partial charge in [-0.3, -0.25) is 4.79 Å². The van der Waals surface area contributed by atoms with Gasteiger partial charge in [0.05, 0.1) is 6.26 Å². The number of amides is 1. The molecule has 1 N–H and O–H groups in total. The molecule has 0 fully saturated rings. The third kappa shape index (κ3) is 2.64. The van der Waals surface area contributed by atoms with Crippen molar-refractivity contribution in [3.63, 3.8) is 0 Å². The highest BCUT2D eigenvalue weighted by Gasteiger charge is 2.06. The Morgan fingerprint density at radius 1 is 1.25 bits per heavy atom. The van der Waals surface area contributed by atoms with Crippen LogP contribution in [0.25, 0.3) is 0 Å². The maximum absolute atomic E-state index is 11.5. The molecule has 1 heterocycles. The number of carbonyl (C=O) groups is 1. The first-order valence-electron chi connectivity index (χ1n) is 4.82. The standard InChI is InChI=1S/C12H10ClNO2/c13-10-5-3-9(4-6-10)8-14-12(15)11-2-1-7-16-11/h1-7H,8H2,(H,14,15). The van der Waals surface area contributed by atoms with Crippen molar-refractivity contribution < 1.29 is 9.21 Å². The van der Waals surface area contributed by atoms with Crippen molar-refractivity contribution in [1.82, 2.24) is 5.32 Å². The Hall–Kier alpha value is -1.74. The Kier molecular flexibility index (Phi) is 3.27. The molecule has 0 atom stereocenters. The van der Waals surface area contributed by atoms with E-state index in [1.165, 1.54) is 6.26 Å². The second-order valence-corrected chi connectivity index (χ2v) is 3.72. The maximum atomic E-state index is 11.5. The number of furan rings is 1. The van der Waals surface area contributed by atoms with Crippen molar-refractivity contribution in [2.75, 3.05) is 0 Å². The summed E-state index contributed by atoms with van der Waals surface area (Å²) in [6, 6.07) is 10.6. The van der Waals surface area contributed by atoms with Crippen molar-refractivity contribution >= 4 is 17.5 Å². The van der Waals surface area contributed by atoms with Crippen molar-refractivity contribution in [3.8, 4) is 0 Å². The molecule has 1 aromatic heterocycles. The van der Waals surface area contributed by atoms with E-state index < -0.39 is 0 Å². The van der Waals surface area contributed by atoms with Gasteiger partial charge < -0.3 is 9.73 Å². The lowest BCUT2D eigenvalue weighted by Crippen LogP contribution is -2.22. The van der Waals surface area contributed by atoms with E-state index >= 15 is 0 Å². The molecule has 0 aliphatic rings. The second-order valence-electron chi connectivity index (χ2n) is 3.29. The molecule has 0 aliphatic carbocycles. The summed E-state index contributed by atoms with van der Waals surface area (Å²) in [5, 5.41) is 3.43. The minimum absolute atomic E-state index is 0.222. The van der Waals surface area contributed by atoms with E-state index in [4.69, 9.17) is 16.0 Å². The fourth-order valence-electron chi connectivity index (χ4n) is 1.28. The summed E-state index contributed by atoms with van der Waals surface area (Å²) in [5.74, 6) is 0.0916. The predicted molar refractivity (Wildman–Crippen MR) is 61.3 cm³/mol. The fraction of sp³-hybridized carbons (Fsp3) is 0.0833. The lowest BCUT2D eigenvalue weighted by molar-refractivity contribution is 0.0923. The van der Waals surface area contributed by atoms with Gasteiger partial charge in [0, 0.05) is 11.6 Å². The molecule has 2 aromatic rings. The van der Waals surface area contributed by atoms with E-state index in [0.29, 0.717) is 17.3 Å². The third-order valence-electron chi connectivity index (χ3n) is 2.11. The first-order chi connectivity index (χ1) is 7.75. The van der Waals surface area contributed by atoms with Gasteiger partial charge in [-0.15, -0.1) is 0 Å². The number of benzene rings is 1. The van der Waals surface area contributed by atoms with Gasteiger partial charge >= 0.3 is 0 Å². The molecule has 0 unspecified atom stereocenters. The van der Waals surface area contributed by atoms with E-state index in [9.17, 15) is 4.79 Å². The molecule has 3 nitrogen and oxygen atoms in total. The average molecular weight is 236 g/mol. The molecular weight excluding hydrogens is 226 g/mol. The summed E-state index contributed by atoms with van der Waals surface area (Å²) in [6.07, 6.45) is 1.47. The van der Waals surface area contributed by atoms with Gasteiger partial charge in [0.25, 0.3) is 5.91 Å². The Balaban J connectivity index is 1.93. The van der Waals surface area contributed by atoms with Crippen LogP contribution in [0.3, 0.4) is 0 Å². The lowest BCUT2D eigenvalue weighted by atomic mass is 10.2. The Labute approximate surface area is 98.0 Å². The molecule has 16 heavy (non-hydrogen) atoms. The molecule has 2 rings (SSSR count). The van der Waals surface area contributed by atoms with Crippen LogP contribution in [0.15, 0.2) is 47.1 Å². The number of rotatable bonds is 3. The summed E-state index contributed by atoms with van der Waals surface area (Å²) >= 11 is 5.75. The highest BCUT2D eigenvalue weighted by molar-refractivity contribution is 6.30. The molecule has 82 valence electrons. The van der Waals surface area contributed by atoms with Crippen LogP contribution in [0.2, 0.25) is 5.02 Å².